The molecule has 1 aromatic carbocycles. The summed E-state index contributed by atoms with van der Waals surface area (Å²) in [6.45, 7) is 2.28. The lowest BCUT2D eigenvalue weighted by molar-refractivity contribution is -0.137. The fourth-order valence-corrected chi connectivity index (χ4v) is 2.08. The molecule has 0 saturated carbocycles. The Morgan fingerprint density at radius 1 is 1.26 bits per heavy atom. The van der Waals surface area contributed by atoms with Crippen LogP contribution >= 0.6 is 0 Å². The van der Waals surface area contributed by atoms with Gasteiger partial charge in [0.05, 0.1) is 18.6 Å². The summed E-state index contributed by atoms with van der Waals surface area (Å²) in [5.41, 5.74) is -0.506. The molecular weight excluding hydrogens is 304 g/mol. The Bertz CT molecular complexity index is 748. The van der Waals surface area contributed by atoms with Gasteiger partial charge in [-0.3, -0.25) is 4.79 Å². The average Bonchev–Trinajstić information content (AvgIpc) is 2.51. The molecule has 0 fully saturated rings. The minimum atomic E-state index is -0.834. The van der Waals surface area contributed by atoms with Gasteiger partial charge in [0.25, 0.3) is 0 Å². The van der Waals surface area contributed by atoms with Gasteiger partial charge in [-0.2, -0.15) is 0 Å². The molecule has 0 aliphatic rings. The van der Waals surface area contributed by atoms with Crippen molar-refractivity contribution in [2.45, 2.75) is 26.2 Å². The first-order chi connectivity index (χ1) is 11.0. The predicted molar refractivity (Wildman–Crippen MR) is 82.3 cm³/mol. The number of carboxylic acid groups (broad SMARTS) is 1. The van der Waals surface area contributed by atoms with Crippen LogP contribution in [0.15, 0.2) is 27.4 Å². The fourth-order valence-electron chi connectivity index (χ4n) is 2.08. The lowest BCUT2D eigenvalue weighted by atomic mass is 10.2. The maximum Gasteiger partial charge on any atom is 0.383 e. The zero-order chi connectivity index (χ0) is 16.8. The molecule has 0 spiro atoms. The van der Waals surface area contributed by atoms with Crippen LogP contribution in [0.5, 0.6) is 17.2 Å². The molecule has 7 heteroatoms. The number of hydrogen-bond acceptors (Lipinski definition) is 6. The Morgan fingerprint density at radius 2 is 2.04 bits per heavy atom. The largest absolute Gasteiger partial charge is 0.504 e. The van der Waals surface area contributed by atoms with Crippen LogP contribution < -0.4 is 15.1 Å². The number of ether oxygens (including phenoxy) is 2. The molecule has 0 amide bonds. The molecule has 0 bridgehead atoms. The number of carboxylic acids is 1. The van der Waals surface area contributed by atoms with Crippen LogP contribution in [0.3, 0.4) is 0 Å². The van der Waals surface area contributed by atoms with Gasteiger partial charge < -0.3 is 24.1 Å². The van der Waals surface area contributed by atoms with E-state index in [0.717, 1.165) is 0 Å². The van der Waals surface area contributed by atoms with E-state index in [0.29, 0.717) is 30.6 Å². The topological polar surface area (TPSA) is 106 Å². The first kappa shape index (κ1) is 16.7. The van der Waals surface area contributed by atoms with E-state index in [4.69, 9.17) is 19.0 Å². The number of rotatable bonds is 8. The van der Waals surface area contributed by atoms with Crippen LogP contribution in [0.2, 0.25) is 0 Å². The van der Waals surface area contributed by atoms with E-state index in [1.165, 1.54) is 6.07 Å². The number of aliphatic carboxylic acids is 1. The number of fused-ring (bicyclic) bond motifs is 1. The minimum Gasteiger partial charge on any atom is -0.504 e. The van der Waals surface area contributed by atoms with Gasteiger partial charge in [0.15, 0.2) is 5.75 Å². The molecule has 1 heterocycles. The highest BCUT2D eigenvalue weighted by molar-refractivity contribution is 5.86. The lowest BCUT2D eigenvalue weighted by Gasteiger charge is -2.09. The number of benzene rings is 1. The highest BCUT2D eigenvalue weighted by Gasteiger charge is 2.15. The van der Waals surface area contributed by atoms with E-state index in [1.54, 1.807) is 19.1 Å². The number of carbonyl (C=O) groups is 1. The lowest BCUT2D eigenvalue weighted by Crippen LogP contribution is -2.07. The molecule has 2 aromatic rings. The van der Waals surface area contributed by atoms with Crippen molar-refractivity contribution in [1.82, 2.24) is 0 Å². The second-order valence-electron chi connectivity index (χ2n) is 4.86. The van der Waals surface area contributed by atoms with Crippen molar-refractivity contribution in [3.63, 3.8) is 0 Å². The normalized spacial score (nSPS) is 10.7. The van der Waals surface area contributed by atoms with Crippen LogP contribution in [0.4, 0.5) is 0 Å². The Hall–Kier alpha value is -2.70. The van der Waals surface area contributed by atoms with Crippen LogP contribution in [-0.2, 0) is 4.79 Å². The van der Waals surface area contributed by atoms with Gasteiger partial charge in [-0.25, -0.2) is 4.79 Å². The van der Waals surface area contributed by atoms with E-state index in [2.05, 4.69) is 0 Å². The van der Waals surface area contributed by atoms with Gasteiger partial charge in [0, 0.05) is 6.42 Å². The third-order valence-electron chi connectivity index (χ3n) is 3.15. The first-order valence-corrected chi connectivity index (χ1v) is 7.30. The minimum absolute atomic E-state index is 0.102. The molecule has 1 aromatic heterocycles. The van der Waals surface area contributed by atoms with E-state index < -0.39 is 11.6 Å². The van der Waals surface area contributed by atoms with Gasteiger partial charge >= 0.3 is 11.6 Å². The van der Waals surface area contributed by atoms with Gasteiger partial charge in [-0.15, -0.1) is 0 Å². The second-order valence-corrected chi connectivity index (χ2v) is 4.86. The first-order valence-electron chi connectivity index (χ1n) is 7.30. The second kappa shape index (κ2) is 7.53. The summed E-state index contributed by atoms with van der Waals surface area (Å²) in [5, 5.41) is 19.0. The molecule has 0 unspecified atom stereocenters. The number of hydrogen-bond donors (Lipinski definition) is 2. The van der Waals surface area contributed by atoms with Crippen LogP contribution in [0, 0.1) is 0 Å². The van der Waals surface area contributed by atoms with Gasteiger partial charge in [-0.1, -0.05) is 0 Å². The molecule has 0 saturated heterocycles. The summed E-state index contributed by atoms with van der Waals surface area (Å²) in [4.78, 5) is 22.1. The van der Waals surface area contributed by atoms with E-state index in [1.807, 2.05) is 0 Å². The fraction of sp³-hybridized carbons (Fsp3) is 0.375. The molecule has 0 radical (unpaired) electrons. The molecule has 0 aliphatic heterocycles. The quantitative estimate of drug-likeness (QED) is 0.568. The maximum absolute atomic E-state index is 11.7. The van der Waals surface area contributed by atoms with E-state index in [-0.39, 0.29) is 30.1 Å². The molecule has 7 nitrogen and oxygen atoms in total. The van der Waals surface area contributed by atoms with Crippen LogP contribution in [0.25, 0.3) is 11.0 Å². The highest BCUT2D eigenvalue weighted by atomic mass is 16.5. The van der Waals surface area contributed by atoms with Crippen LogP contribution in [0.1, 0.15) is 26.2 Å². The van der Waals surface area contributed by atoms with Gasteiger partial charge in [0.1, 0.15) is 11.3 Å². The Balaban J connectivity index is 2.14. The summed E-state index contributed by atoms with van der Waals surface area (Å²) in [5.74, 6) is -0.855. The average molecular weight is 322 g/mol. The zero-order valence-corrected chi connectivity index (χ0v) is 12.7. The van der Waals surface area contributed by atoms with Crippen molar-refractivity contribution in [2.75, 3.05) is 13.2 Å². The molecule has 23 heavy (non-hydrogen) atoms. The Morgan fingerprint density at radius 3 is 2.74 bits per heavy atom. The summed E-state index contributed by atoms with van der Waals surface area (Å²) in [7, 11) is 0. The molecule has 2 rings (SSSR count). The van der Waals surface area contributed by atoms with Crippen LogP contribution in [-0.4, -0.2) is 29.4 Å². The molecular formula is C16H18O7. The van der Waals surface area contributed by atoms with Crippen molar-refractivity contribution < 1.29 is 28.9 Å². The van der Waals surface area contributed by atoms with Crippen molar-refractivity contribution >= 4 is 16.9 Å². The molecule has 124 valence electrons. The standard InChI is InChI=1S/C16H18O7/c1-2-21-15-14(19)11-9-10(6-7-12(11)23-16(15)20)22-8-4-3-5-13(17)18/h6-7,9,19H,2-5,8H2,1H3,(H,17,18). The molecule has 0 aliphatic carbocycles. The molecule has 0 atom stereocenters. The molecule has 2 N–H and O–H groups in total. The third kappa shape index (κ3) is 4.15. The van der Waals surface area contributed by atoms with Crippen molar-refractivity contribution in [2.24, 2.45) is 0 Å². The monoisotopic (exact) mass is 322 g/mol. The number of unbranched alkanes of at least 4 members (excludes halogenated alkanes) is 1. The highest BCUT2D eigenvalue weighted by Crippen LogP contribution is 2.33. The SMILES string of the molecule is CCOc1c(O)c2cc(OCCCCC(=O)O)ccc2oc1=O. The van der Waals surface area contributed by atoms with E-state index >= 15 is 0 Å². The van der Waals surface area contributed by atoms with Crippen molar-refractivity contribution in [3.8, 4) is 17.2 Å². The van der Waals surface area contributed by atoms with Crippen molar-refractivity contribution in [1.29, 1.82) is 0 Å². The Kier molecular flexibility index (Phi) is 5.46. The Labute approximate surface area is 132 Å². The maximum atomic E-state index is 11.7. The van der Waals surface area contributed by atoms with E-state index in [9.17, 15) is 14.7 Å². The van der Waals surface area contributed by atoms with Gasteiger partial charge in [-0.05, 0) is 38.0 Å². The summed E-state index contributed by atoms with van der Waals surface area (Å²) < 4.78 is 15.7. The summed E-state index contributed by atoms with van der Waals surface area (Å²) in [6.07, 6.45) is 1.23. The summed E-state index contributed by atoms with van der Waals surface area (Å²) >= 11 is 0. The number of aromatic hydroxyl groups is 1. The predicted octanol–water partition coefficient (Wildman–Crippen LogP) is 2.53. The zero-order valence-electron chi connectivity index (χ0n) is 12.7. The smallest absolute Gasteiger partial charge is 0.383 e. The van der Waals surface area contributed by atoms with Crippen molar-refractivity contribution in [3.05, 3.63) is 28.6 Å². The van der Waals surface area contributed by atoms with Gasteiger partial charge in [0.2, 0.25) is 5.75 Å². The summed E-state index contributed by atoms with van der Waals surface area (Å²) in [6, 6.07) is 4.69. The third-order valence-corrected chi connectivity index (χ3v) is 3.15.